The summed E-state index contributed by atoms with van der Waals surface area (Å²) in [6.45, 7) is 2.18. The van der Waals surface area contributed by atoms with E-state index < -0.39 is 29.6 Å². The lowest BCUT2D eigenvalue weighted by atomic mass is 9.52. The molecule has 0 aliphatic heterocycles. The van der Waals surface area contributed by atoms with E-state index >= 15 is 0 Å². The number of ether oxygens (including phenoxy) is 1. The maximum Gasteiger partial charge on any atom is 0.310 e. The average molecular weight is 400 g/mol. The Balaban J connectivity index is 1.63. The molecule has 1 aliphatic rings. The van der Waals surface area contributed by atoms with Crippen molar-refractivity contribution in [3.05, 3.63) is 107 Å². The van der Waals surface area contributed by atoms with Gasteiger partial charge in [-0.05, 0) is 23.6 Å². The highest BCUT2D eigenvalue weighted by Gasteiger charge is 2.59. The van der Waals surface area contributed by atoms with E-state index in [-0.39, 0.29) is 12.6 Å². The molecule has 1 aliphatic carbocycles. The van der Waals surface area contributed by atoms with Crippen molar-refractivity contribution >= 4 is 11.9 Å². The quantitative estimate of drug-likeness (QED) is 0.596. The number of carboxylic acids is 1. The number of hydrogen-bond donors (Lipinski definition) is 1. The molecular weight excluding hydrogens is 376 g/mol. The van der Waals surface area contributed by atoms with Gasteiger partial charge in [0.25, 0.3) is 0 Å². The smallest absolute Gasteiger partial charge is 0.310 e. The predicted octanol–water partition coefficient (Wildman–Crippen LogP) is 4.94. The Labute approximate surface area is 176 Å². The Hall–Kier alpha value is -3.40. The number of rotatable bonds is 6. The van der Waals surface area contributed by atoms with E-state index in [9.17, 15) is 14.7 Å². The van der Waals surface area contributed by atoms with Gasteiger partial charge in [-0.15, -0.1) is 0 Å². The molecule has 0 radical (unpaired) electrons. The summed E-state index contributed by atoms with van der Waals surface area (Å²) in [4.78, 5) is 25.4. The van der Waals surface area contributed by atoms with Crippen LogP contribution in [0.25, 0.3) is 0 Å². The lowest BCUT2D eigenvalue weighted by Crippen LogP contribution is -2.51. The zero-order valence-electron chi connectivity index (χ0n) is 16.8. The van der Waals surface area contributed by atoms with E-state index in [0.29, 0.717) is 0 Å². The Bertz CT molecular complexity index is 964. The third kappa shape index (κ3) is 3.86. The molecule has 30 heavy (non-hydrogen) atoms. The molecule has 4 heteroatoms. The highest BCUT2D eigenvalue weighted by molar-refractivity contribution is 5.84. The number of hydrogen-bond acceptors (Lipinski definition) is 3. The van der Waals surface area contributed by atoms with Crippen LogP contribution in [0.15, 0.2) is 84.9 Å². The summed E-state index contributed by atoms with van der Waals surface area (Å²) >= 11 is 0. The summed E-state index contributed by atoms with van der Waals surface area (Å²) in [5.74, 6) is -3.29. The van der Waals surface area contributed by atoms with Gasteiger partial charge in [0.05, 0.1) is 11.8 Å². The van der Waals surface area contributed by atoms with Crippen LogP contribution in [-0.4, -0.2) is 17.0 Å². The van der Waals surface area contributed by atoms with Gasteiger partial charge in [0.2, 0.25) is 0 Å². The van der Waals surface area contributed by atoms with Crippen molar-refractivity contribution in [2.24, 2.45) is 11.8 Å². The summed E-state index contributed by atoms with van der Waals surface area (Å²) in [5.41, 5.74) is 3.76. The number of aryl methyl sites for hydroxylation is 1. The Morgan fingerprint density at radius 3 is 1.73 bits per heavy atom. The van der Waals surface area contributed by atoms with Crippen molar-refractivity contribution in [3.63, 3.8) is 0 Å². The first-order chi connectivity index (χ1) is 14.6. The average Bonchev–Trinajstić information content (AvgIpc) is 2.74. The summed E-state index contributed by atoms with van der Waals surface area (Å²) < 4.78 is 5.67. The molecule has 0 heterocycles. The van der Waals surface area contributed by atoms with Crippen LogP contribution in [-0.2, 0) is 20.9 Å². The van der Waals surface area contributed by atoms with Gasteiger partial charge in [-0.3, -0.25) is 9.59 Å². The monoisotopic (exact) mass is 400 g/mol. The molecule has 0 amide bonds. The van der Waals surface area contributed by atoms with Crippen LogP contribution in [0.2, 0.25) is 0 Å². The maximum absolute atomic E-state index is 13.2. The first kappa shape index (κ1) is 19.9. The van der Waals surface area contributed by atoms with Gasteiger partial charge >= 0.3 is 11.9 Å². The van der Waals surface area contributed by atoms with Crippen molar-refractivity contribution in [1.82, 2.24) is 0 Å². The van der Waals surface area contributed by atoms with Crippen LogP contribution in [0.4, 0.5) is 0 Å². The number of carboxylic acid groups (broad SMARTS) is 1. The van der Waals surface area contributed by atoms with Crippen molar-refractivity contribution < 1.29 is 19.4 Å². The number of aliphatic carboxylic acids is 1. The predicted molar refractivity (Wildman–Crippen MR) is 114 cm³/mol. The minimum absolute atomic E-state index is 0.177. The molecule has 3 aromatic carbocycles. The first-order valence-corrected chi connectivity index (χ1v) is 10.1. The van der Waals surface area contributed by atoms with E-state index in [1.54, 1.807) is 0 Å². The zero-order valence-corrected chi connectivity index (χ0v) is 16.8. The van der Waals surface area contributed by atoms with E-state index in [1.807, 2.05) is 91.9 Å². The second-order valence-electron chi connectivity index (χ2n) is 7.86. The third-order valence-corrected chi connectivity index (χ3v) is 5.98. The fraction of sp³-hybridized carbons (Fsp3) is 0.231. The minimum Gasteiger partial charge on any atom is -0.481 e. The lowest BCUT2D eigenvalue weighted by molar-refractivity contribution is -0.165. The van der Waals surface area contributed by atoms with Crippen LogP contribution in [0.1, 0.15) is 34.1 Å². The lowest BCUT2D eigenvalue weighted by Gasteiger charge is -2.49. The molecule has 0 spiro atoms. The van der Waals surface area contributed by atoms with Crippen molar-refractivity contribution in [3.8, 4) is 0 Å². The molecule has 1 N–H and O–H groups in total. The SMILES string of the molecule is Cc1ccc(COC(=O)[C@H]2[C@H](c3ccccc3)[C@H](C(=O)O)[C@H]2c2ccccc2)cc1. The van der Waals surface area contributed by atoms with Crippen molar-refractivity contribution in [2.45, 2.75) is 25.4 Å². The van der Waals surface area contributed by atoms with Crippen molar-refractivity contribution in [1.29, 1.82) is 0 Å². The maximum atomic E-state index is 13.2. The summed E-state index contributed by atoms with van der Waals surface area (Å²) in [6, 6.07) is 26.7. The molecule has 0 saturated heterocycles. The number of carbonyl (C=O) groups excluding carboxylic acids is 1. The number of benzene rings is 3. The highest BCUT2D eigenvalue weighted by Crippen LogP contribution is 2.58. The molecule has 4 rings (SSSR count). The fourth-order valence-corrected chi connectivity index (χ4v) is 4.46. The second-order valence-corrected chi connectivity index (χ2v) is 7.86. The van der Waals surface area contributed by atoms with Crippen LogP contribution < -0.4 is 0 Å². The molecule has 1 fully saturated rings. The molecule has 4 nitrogen and oxygen atoms in total. The third-order valence-electron chi connectivity index (χ3n) is 5.98. The molecule has 0 bridgehead atoms. The Morgan fingerprint density at radius 2 is 1.27 bits per heavy atom. The van der Waals surface area contributed by atoms with E-state index in [0.717, 1.165) is 22.3 Å². The molecule has 0 unspecified atom stereocenters. The van der Waals surface area contributed by atoms with E-state index in [1.165, 1.54) is 0 Å². The standard InChI is InChI=1S/C26H24O4/c1-17-12-14-18(15-13-17)16-30-26(29)24-21(19-8-4-2-5-9-19)23(25(27)28)22(24)20-10-6-3-7-11-20/h2-15,21-24H,16H2,1H3,(H,27,28)/t21-,22-,23-,24-/m1/s1. The van der Waals surface area contributed by atoms with Crippen LogP contribution in [0.5, 0.6) is 0 Å². The molecule has 1 saturated carbocycles. The fourth-order valence-electron chi connectivity index (χ4n) is 4.46. The topological polar surface area (TPSA) is 63.6 Å². The molecule has 3 aromatic rings. The van der Waals surface area contributed by atoms with Gasteiger partial charge < -0.3 is 9.84 Å². The van der Waals surface area contributed by atoms with Gasteiger partial charge in [-0.25, -0.2) is 0 Å². The van der Waals surface area contributed by atoms with Gasteiger partial charge in [0, 0.05) is 11.8 Å². The van der Waals surface area contributed by atoms with E-state index in [4.69, 9.17) is 4.74 Å². The van der Waals surface area contributed by atoms with Crippen LogP contribution >= 0.6 is 0 Å². The second kappa shape index (κ2) is 8.54. The minimum atomic E-state index is -0.889. The van der Waals surface area contributed by atoms with Gasteiger partial charge in [0.15, 0.2) is 0 Å². The molecular formula is C26H24O4. The molecule has 152 valence electrons. The largest absolute Gasteiger partial charge is 0.481 e. The van der Waals surface area contributed by atoms with E-state index in [2.05, 4.69) is 0 Å². The number of esters is 1. The van der Waals surface area contributed by atoms with Gasteiger partial charge in [-0.1, -0.05) is 90.5 Å². The Morgan fingerprint density at radius 1 is 0.767 bits per heavy atom. The number of carbonyl (C=O) groups is 2. The first-order valence-electron chi connectivity index (χ1n) is 10.1. The Kier molecular flexibility index (Phi) is 5.66. The highest BCUT2D eigenvalue weighted by atomic mass is 16.5. The van der Waals surface area contributed by atoms with Crippen LogP contribution in [0, 0.1) is 18.8 Å². The zero-order chi connectivity index (χ0) is 21.1. The summed E-state index contributed by atoms with van der Waals surface area (Å²) in [7, 11) is 0. The van der Waals surface area contributed by atoms with Crippen molar-refractivity contribution in [2.75, 3.05) is 0 Å². The summed E-state index contributed by atoms with van der Waals surface area (Å²) in [6.07, 6.45) is 0. The summed E-state index contributed by atoms with van der Waals surface area (Å²) in [5, 5.41) is 9.98. The molecule has 2 atom stereocenters. The molecule has 0 aromatic heterocycles. The van der Waals surface area contributed by atoms with Crippen LogP contribution in [0.3, 0.4) is 0 Å². The van der Waals surface area contributed by atoms with Gasteiger partial charge in [0.1, 0.15) is 6.61 Å². The van der Waals surface area contributed by atoms with Gasteiger partial charge in [-0.2, -0.15) is 0 Å². The normalized spacial score (nSPS) is 22.7.